The van der Waals surface area contributed by atoms with Crippen molar-refractivity contribution in [1.82, 2.24) is 10.3 Å². The van der Waals surface area contributed by atoms with Crippen LogP contribution < -0.4 is 5.32 Å². The number of thiophene rings is 1. The molecule has 0 fully saturated rings. The second kappa shape index (κ2) is 6.11. The van der Waals surface area contributed by atoms with Crippen LogP contribution in [0.25, 0.3) is 11.5 Å². The van der Waals surface area contributed by atoms with E-state index in [-0.39, 0.29) is 5.91 Å². The Morgan fingerprint density at radius 1 is 1.33 bits per heavy atom. The summed E-state index contributed by atoms with van der Waals surface area (Å²) in [4.78, 5) is 16.8. The molecule has 1 amide bonds. The van der Waals surface area contributed by atoms with Gasteiger partial charge in [0, 0.05) is 12.7 Å². The molecule has 106 valence electrons. The molecular weight excluding hydrogens is 308 g/mol. The van der Waals surface area contributed by atoms with Gasteiger partial charge in [0.15, 0.2) is 5.76 Å². The first-order valence-corrected chi connectivity index (χ1v) is 7.44. The summed E-state index contributed by atoms with van der Waals surface area (Å²) in [5.74, 6) is 0.566. The number of carbonyl (C=O) groups excluding carboxylic acids is 1. The van der Waals surface area contributed by atoms with E-state index >= 15 is 0 Å². The molecule has 21 heavy (non-hydrogen) atoms. The first-order valence-electron chi connectivity index (χ1n) is 6.25. The van der Waals surface area contributed by atoms with Gasteiger partial charge in [-0.25, -0.2) is 0 Å². The van der Waals surface area contributed by atoms with E-state index in [1.807, 2.05) is 24.3 Å². The van der Waals surface area contributed by atoms with Crippen molar-refractivity contribution in [2.24, 2.45) is 0 Å². The summed E-state index contributed by atoms with van der Waals surface area (Å²) >= 11 is 7.08. The van der Waals surface area contributed by atoms with Crippen LogP contribution in [0.15, 0.2) is 53.3 Å². The van der Waals surface area contributed by atoms with Gasteiger partial charge in [-0.3, -0.25) is 9.78 Å². The van der Waals surface area contributed by atoms with E-state index < -0.39 is 0 Å². The predicted octanol–water partition coefficient (Wildman–Crippen LogP) is 3.99. The summed E-state index contributed by atoms with van der Waals surface area (Å²) < 4.78 is 5.91. The second-order valence-corrected chi connectivity index (χ2v) is 6.03. The number of nitrogens with one attached hydrogen (secondary N) is 1. The molecule has 0 aliphatic heterocycles. The molecule has 0 saturated heterocycles. The van der Waals surface area contributed by atoms with Crippen LogP contribution in [-0.2, 0) is 6.54 Å². The van der Waals surface area contributed by atoms with Crippen LogP contribution >= 0.6 is 22.9 Å². The van der Waals surface area contributed by atoms with Crippen molar-refractivity contribution in [2.45, 2.75) is 6.54 Å². The van der Waals surface area contributed by atoms with Crippen molar-refractivity contribution in [3.8, 4) is 11.5 Å². The highest BCUT2D eigenvalue weighted by atomic mass is 35.5. The van der Waals surface area contributed by atoms with Crippen molar-refractivity contribution in [3.63, 3.8) is 0 Å². The lowest BCUT2D eigenvalue weighted by atomic mass is 10.2. The second-order valence-electron chi connectivity index (χ2n) is 4.31. The fraction of sp³-hybridized carbons (Fsp3) is 0.0667. The molecule has 3 rings (SSSR count). The molecule has 3 aromatic rings. The minimum absolute atomic E-state index is 0.136. The summed E-state index contributed by atoms with van der Waals surface area (Å²) in [6.07, 6.45) is 3.30. The summed E-state index contributed by atoms with van der Waals surface area (Å²) in [5.41, 5.74) is 1.69. The fourth-order valence-electron chi connectivity index (χ4n) is 1.85. The SMILES string of the molecule is O=C(NCc1ccnc(-c2ccco2)c1)c1ccc(Cl)s1. The van der Waals surface area contributed by atoms with Crippen LogP contribution in [-0.4, -0.2) is 10.9 Å². The van der Waals surface area contributed by atoms with Crippen LogP contribution in [0, 0.1) is 0 Å². The van der Waals surface area contributed by atoms with Gasteiger partial charge in [0.2, 0.25) is 0 Å². The van der Waals surface area contributed by atoms with Gasteiger partial charge < -0.3 is 9.73 Å². The van der Waals surface area contributed by atoms with E-state index in [2.05, 4.69) is 10.3 Å². The van der Waals surface area contributed by atoms with E-state index in [0.29, 0.717) is 21.5 Å². The number of pyridine rings is 1. The summed E-state index contributed by atoms with van der Waals surface area (Å²) in [7, 11) is 0. The zero-order chi connectivity index (χ0) is 14.7. The van der Waals surface area contributed by atoms with E-state index in [0.717, 1.165) is 11.3 Å². The Balaban J connectivity index is 1.68. The number of aromatic nitrogens is 1. The highest BCUT2D eigenvalue weighted by Gasteiger charge is 2.09. The van der Waals surface area contributed by atoms with Crippen LogP contribution in [0.4, 0.5) is 0 Å². The van der Waals surface area contributed by atoms with Gasteiger partial charge >= 0.3 is 0 Å². The van der Waals surface area contributed by atoms with Gasteiger partial charge in [-0.05, 0) is 42.0 Å². The quantitative estimate of drug-likeness (QED) is 0.791. The first-order chi connectivity index (χ1) is 10.2. The molecule has 3 aromatic heterocycles. The first kappa shape index (κ1) is 13.9. The number of hydrogen-bond donors (Lipinski definition) is 1. The smallest absolute Gasteiger partial charge is 0.261 e. The summed E-state index contributed by atoms with van der Waals surface area (Å²) in [6, 6.07) is 10.8. The molecule has 0 spiro atoms. The number of halogens is 1. The Morgan fingerprint density at radius 2 is 2.24 bits per heavy atom. The van der Waals surface area contributed by atoms with Crippen LogP contribution in [0.3, 0.4) is 0 Å². The molecule has 0 aliphatic carbocycles. The average molecular weight is 319 g/mol. The number of rotatable bonds is 4. The largest absolute Gasteiger partial charge is 0.463 e. The van der Waals surface area contributed by atoms with Crippen LogP contribution in [0.1, 0.15) is 15.2 Å². The van der Waals surface area contributed by atoms with Gasteiger partial charge in [-0.2, -0.15) is 0 Å². The standard InChI is InChI=1S/C15H11ClN2O2S/c16-14-4-3-13(21-14)15(19)18-9-10-5-6-17-11(8-10)12-2-1-7-20-12/h1-8H,9H2,(H,18,19). The lowest BCUT2D eigenvalue weighted by Crippen LogP contribution is -2.21. The van der Waals surface area contributed by atoms with Gasteiger partial charge in [0.1, 0.15) is 5.69 Å². The minimum Gasteiger partial charge on any atom is -0.463 e. The summed E-state index contributed by atoms with van der Waals surface area (Å²) in [5, 5.41) is 2.86. The van der Waals surface area contributed by atoms with E-state index in [9.17, 15) is 4.79 Å². The van der Waals surface area contributed by atoms with Gasteiger partial charge in [0.25, 0.3) is 5.91 Å². The lowest BCUT2D eigenvalue weighted by molar-refractivity contribution is 0.0955. The molecule has 6 heteroatoms. The molecule has 0 bridgehead atoms. The molecule has 3 heterocycles. The Hall–Kier alpha value is -2.11. The van der Waals surface area contributed by atoms with Gasteiger partial charge in [-0.1, -0.05) is 11.6 Å². The normalized spacial score (nSPS) is 10.5. The molecule has 1 N–H and O–H groups in total. The summed E-state index contributed by atoms with van der Waals surface area (Å²) in [6.45, 7) is 0.421. The molecule has 0 aliphatic rings. The zero-order valence-corrected chi connectivity index (χ0v) is 12.4. The lowest BCUT2D eigenvalue weighted by Gasteiger charge is -2.05. The monoisotopic (exact) mass is 318 g/mol. The van der Waals surface area contributed by atoms with Gasteiger partial charge in [-0.15, -0.1) is 11.3 Å². The highest BCUT2D eigenvalue weighted by Crippen LogP contribution is 2.21. The van der Waals surface area contributed by atoms with Crippen molar-refractivity contribution >= 4 is 28.8 Å². The molecular formula is C15H11ClN2O2S. The Bertz CT molecular complexity index is 753. The predicted molar refractivity (Wildman–Crippen MR) is 82.4 cm³/mol. The maximum absolute atomic E-state index is 12.0. The third kappa shape index (κ3) is 3.32. The maximum atomic E-state index is 12.0. The third-order valence-corrected chi connectivity index (χ3v) is 4.08. The number of hydrogen-bond acceptors (Lipinski definition) is 4. The number of nitrogens with zero attached hydrogens (tertiary/aromatic N) is 1. The van der Waals surface area contributed by atoms with Crippen LogP contribution in [0.5, 0.6) is 0 Å². The Morgan fingerprint density at radius 3 is 2.95 bits per heavy atom. The Labute approximate surface area is 130 Å². The molecule has 0 atom stereocenters. The number of amides is 1. The maximum Gasteiger partial charge on any atom is 0.261 e. The van der Waals surface area contributed by atoms with Crippen molar-refractivity contribution in [3.05, 3.63) is 63.6 Å². The Kier molecular flexibility index (Phi) is 4.03. The molecule has 0 aromatic carbocycles. The van der Waals surface area contributed by atoms with Crippen molar-refractivity contribution < 1.29 is 9.21 Å². The fourth-order valence-corrected chi connectivity index (χ4v) is 2.81. The number of furan rings is 1. The molecule has 0 saturated carbocycles. The average Bonchev–Trinajstić information content (AvgIpc) is 3.16. The van der Waals surface area contributed by atoms with Crippen molar-refractivity contribution in [2.75, 3.05) is 0 Å². The minimum atomic E-state index is -0.136. The van der Waals surface area contributed by atoms with Gasteiger partial charge in [0.05, 0.1) is 15.5 Å². The van der Waals surface area contributed by atoms with Crippen molar-refractivity contribution in [1.29, 1.82) is 0 Å². The van der Waals surface area contributed by atoms with E-state index in [1.54, 1.807) is 24.6 Å². The third-order valence-electron chi connectivity index (χ3n) is 2.85. The molecule has 0 unspecified atom stereocenters. The topological polar surface area (TPSA) is 55.1 Å². The van der Waals surface area contributed by atoms with E-state index in [1.165, 1.54) is 11.3 Å². The molecule has 0 radical (unpaired) electrons. The van der Waals surface area contributed by atoms with Crippen LogP contribution in [0.2, 0.25) is 4.34 Å². The zero-order valence-electron chi connectivity index (χ0n) is 10.9. The number of carbonyl (C=O) groups is 1. The van der Waals surface area contributed by atoms with E-state index in [4.69, 9.17) is 16.0 Å². The molecule has 4 nitrogen and oxygen atoms in total. The highest BCUT2D eigenvalue weighted by molar-refractivity contribution is 7.17.